The number of carboxylic acids is 1. The molecule has 2 aromatic carbocycles. The van der Waals surface area contributed by atoms with Crippen molar-refractivity contribution < 1.29 is 36.6 Å². The van der Waals surface area contributed by atoms with Crippen LogP contribution in [0, 0.1) is 11.6 Å². The first-order valence-corrected chi connectivity index (χ1v) is 12.0. The lowest BCUT2D eigenvalue weighted by Crippen LogP contribution is -2.26. The second kappa shape index (κ2) is 10.9. The van der Waals surface area contributed by atoms with Gasteiger partial charge in [0.15, 0.2) is 11.5 Å². The van der Waals surface area contributed by atoms with Crippen molar-refractivity contribution in [2.45, 2.75) is 37.7 Å². The van der Waals surface area contributed by atoms with E-state index in [-0.39, 0.29) is 28.0 Å². The number of amides is 1. The van der Waals surface area contributed by atoms with Crippen molar-refractivity contribution in [3.05, 3.63) is 81.0 Å². The average molecular weight is 577 g/mol. The monoisotopic (exact) mass is 576 g/mol. The molecule has 1 aromatic heterocycles. The van der Waals surface area contributed by atoms with Gasteiger partial charge in [0.2, 0.25) is 0 Å². The van der Waals surface area contributed by atoms with Crippen LogP contribution in [0.15, 0.2) is 36.4 Å². The van der Waals surface area contributed by atoms with Crippen molar-refractivity contribution in [3.63, 3.8) is 0 Å². The molecular formula is C24H22ClF5N4O3S. The van der Waals surface area contributed by atoms with E-state index >= 15 is 0 Å². The molecule has 3 N–H and O–H groups in total. The normalized spacial score (nSPS) is 12.9. The number of aromatic nitrogens is 2. The number of carboxylic acid groups (broad SMARTS) is 1. The first-order valence-electron chi connectivity index (χ1n) is 10.9. The first-order chi connectivity index (χ1) is 17.5. The van der Waals surface area contributed by atoms with Crippen LogP contribution in [0.3, 0.4) is 0 Å². The number of hydrogen-bond acceptors (Lipinski definition) is 5. The first kappa shape index (κ1) is 29.4. The summed E-state index contributed by atoms with van der Waals surface area (Å²) in [5.41, 5.74) is -2.52. The number of nitrogens with zero attached hydrogens (tertiary/aromatic N) is 2. The molecule has 3 rings (SSSR count). The Morgan fingerprint density at radius 2 is 1.74 bits per heavy atom. The van der Waals surface area contributed by atoms with Gasteiger partial charge in [-0.15, -0.1) is 0 Å². The van der Waals surface area contributed by atoms with Gasteiger partial charge in [-0.2, -0.15) is 18.3 Å². The van der Waals surface area contributed by atoms with Gasteiger partial charge in [0.25, 0.3) is 5.91 Å². The van der Waals surface area contributed by atoms with Crippen molar-refractivity contribution in [2.24, 2.45) is 7.05 Å². The van der Waals surface area contributed by atoms with Crippen LogP contribution in [-0.4, -0.2) is 31.5 Å². The van der Waals surface area contributed by atoms with Crippen LogP contribution in [0.25, 0.3) is 0 Å². The minimum atomic E-state index is -4.92. The molecular weight excluding hydrogens is 555 g/mol. The number of hydrogen-bond donors (Lipinski definition) is 3. The highest BCUT2D eigenvalue weighted by Gasteiger charge is 2.34. The SMILES string of the molecule is Cn1nc(NC(=O)c2cc(F)cc(C(F)(F)F)c2)c(C(NSC(C)(C)C)c2cc(F)ccc2Cl)c1C(=O)O. The molecule has 0 radical (unpaired) electrons. The fourth-order valence-corrected chi connectivity index (χ4v) is 4.42. The molecule has 14 heteroatoms. The zero-order valence-corrected chi connectivity index (χ0v) is 21.9. The van der Waals surface area contributed by atoms with Gasteiger partial charge in [0.1, 0.15) is 11.6 Å². The van der Waals surface area contributed by atoms with Crippen molar-refractivity contribution in [1.82, 2.24) is 14.5 Å². The number of carbonyl (C=O) groups is 2. The van der Waals surface area contributed by atoms with Crippen molar-refractivity contribution in [3.8, 4) is 0 Å². The minimum absolute atomic E-state index is 0.0656. The zero-order valence-electron chi connectivity index (χ0n) is 20.4. The Bertz CT molecular complexity index is 1390. The summed E-state index contributed by atoms with van der Waals surface area (Å²) in [6.07, 6.45) is -4.92. The lowest BCUT2D eigenvalue weighted by atomic mass is 9.98. The van der Waals surface area contributed by atoms with Crippen LogP contribution in [0.4, 0.5) is 27.8 Å². The van der Waals surface area contributed by atoms with Crippen LogP contribution < -0.4 is 10.0 Å². The third-order valence-corrected chi connectivity index (χ3v) is 6.36. The Balaban J connectivity index is 2.18. The summed E-state index contributed by atoms with van der Waals surface area (Å²) in [4.78, 5) is 25.1. The Kier molecular flexibility index (Phi) is 8.44. The lowest BCUT2D eigenvalue weighted by molar-refractivity contribution is -0.137. The summed E-state index contributed by atoms with van der Waals surface area (Å²) in [6, 6.07) is 3.58. The Hall–Kier alpha value is -3.16. The van der Waals surface area contributed by atoms with E-state index in [9.17, 15) is 36.6 Å². The number of nitrogens with one attached hydrogen (secondary N) is 2. The third kappa shape index (κ3) is 6.83. The highest BCUT2D eigenvalue weighted by Crippen LogP contribution is 2.38. The molecule has 3 aromatic rings. The Labute approximate surface area is 223 Å². The maximum atomic E-state index is 14.2. The molecule has 1 unspecified atom stereocenters. The summed E-state index contributed by atoms with van der Waals surface area (Å²) >= 11 is 7.49. The highest BCUT2D eigenvalue weighted by molar-refractivity contribution is 7.98. The Morgan fingerprint density at radius 3 is 2.32 bits per heavy atom. The fourth-order valence-electron chi connectivity index (χ4n) is 3.47. The molecule has 1 heterocycles. The van der Waals surface area contributed by atoms with Crippen molar-refractivity contribution >= 4 is 41.2 Å². The lowest BCUT2D eigenvalue weighted by Gasteiger charge is -2.26. The van der Waals surface area contributed by atoms with Gasteiger partial charge in [0.05, 0.1) is 17.2 Å². The van der Waals surface area contributed by atoms with Gasteiger partial charge in [-0.05, 0) is 62.7 Å². The number of rotatable bonds is 7. The van der Waals surface area contributed by atoms with E-state index < -0.39 is 57.3 Å². The maximum absolute atomic E-state index is 14.2. The summed E-state index contributed by atoms with van der Waals surface area (Å²) in [5.74, 6) is -4.98. The van der Waals surface area contributed by atoms with Gasteiger partial charge in [-0.1, -0.05) is 23.5 Å². The average Bonchev–Trinajstić information content (AvgIpc) is 3.10. The van der Waals surface area contributed by atoms with E-state index in [2.05, 4.69) is 15.1 Å². The van der Waals surface area contributed by atoms with Gasteiger partial charge < -0.3 is 10.4 Å². The molecule has 0 saturated carbocycles. The number of aryl methyl sites for hydroxylation is 1. The van der Waals surface area contributed by atoms with Crippen molar-refractivity contribution in [2.75, 3.05) is 5.32 Å². The van der Waals surface area contributed by atoms with E-state index in [4.69, 9.17) is 11.6 Å². The number of halogens is 6. The van der Waals surface area contributed by atoms with Crippen LogP contribution in [0.2, 0.25) is 5.02 Å². The smallest absolute Gasteiger partial charge is 0.416 e. The summed E-state index contributed by atoms with van der Waals surface area (Å²) in [6.45, 7) is 5.55. The van der Waals surface area contributed by atoms with Crippen LogP contribution in [-0.2, 0) is 13.2 Å². The highest BCUT2D eigenvalue weighted by atomic mass is 35.5. The summed E-state index contributed by atoms with van der Waals surface area (Å²) < 4.78 is 71.2. The second-order valence-corrected chi connectivity index (χ2v) is 11.2. The van der Waals surface area contributed by atoms with Gasteiger partial charge in [0, 0.05) is 22.4 Å². The second-order valence-electron chi connectivity index (χ2n) is 9.15. The van der Waals surface area contributed by atoms with E-state index in [1.165, 1.54) is 13.1 Å². The topological polar surface area (TPSA) is 96.3 Å². The number of carbonyl (C=O) groups excluding carboxylic acids is 1. The van der Waals surface area contributed by atoms with Gasteiger partial charge in [-0.3, -0.25) is 14.2 Å². The van der Waals surface area contributed by atoms with Crippen LogP contribution >= 0.6 is 23.5 Å². The molecule has 1 atom stereocenters. The molecule has 0 aliphatic rings. The molecule has 7 nitrogen and oxygen atoms in total. The minimum Gasteiger partial charge on any atom is -0.477 e. The predicted octanol–water partition coefficient (Wildman–Crippen LogP) is 6.45. The molecule has 0 fully saturated rings. The van der Waals surface area contributed by atoms with E-state index in [0.717, 1.165) is 28.8 Å². The summed E-state index contributed by atoms with van der Waals surface area (Å²) in [7, 11) is 1.27. The van der Waals surface area contributed by atoms with Crippen LogP contribution in [0.5, 0.6) is 0 Å². The van der Waals surface area contributed by atoms with E-state index in [1.807, 2.05) is 20.8 Å². The molecule has 0 aliphatic heterocycles. The summed E-state index contributed by atoms with van der Waals surface area (Å²) in [5, 5.41) is 16.3. The van der Waals surface area contributed by atoms with Gasteiger partial charge in [-0.25, -0.2) is 13.6 Å². The van der Waals surface area contributed by atoms with Crippen LogP contribution in [0.1, 0.15) is 64.3 Å². The largest absolute Gasteiger partial charge is 0.477 e. The molecule has 0 spiro atoms. The predicted molar refractivity (Wildman–Crippen MR) is 133 cm³/mol. The number of alkyl halides is 3. The number of benzene rings is 2. The zero-order chi connectivity index (χ0) is 28.6. The molecule has 1 amide bonds. The number of aromatic carboxylic acids is 1. The number of anilines is 1. The standard InChI is InChI=1S/C24H22ClF5N4O3S/c1-23(2,3)38-33-18(15-10-13(26)5-6-16(15)25)17-19(22(36)37)34(4)32-20(17)31-21(35)11-7-12(24(28,29)30)9-14(27)8-11/h5-10,18,33H,1-4H3,(H,36,37)(H,31,32,35). The Morgan fingerprint density at radius 1 is 1.08 bits per heavy atom. The van der Waals surface area contributed by atoms with Crippen molar-refractivity contribution in [1.29, 1.82) is 0 Å². The fraction of sp³-hybridized carbons (Fsp3) is 0.292. The quantitative estimate of drug-likeness (QED) is 0.221. The van der Waals surface area contributed by atoms with E-state index in [1.54, 1.807) is 0 Å². The molecule has 0 aliphatic carbocycles. The molecule has 38 heavy (non-hydrogen) atoms. The maximum Gasteiger partial charge on any atom is 0.416 e. The molecule has 0 saturated heterocycles. The molecule has 0 bridgehead atoms. The third-order valence-electron chi connectivity index (χ3n) is 5.05. The van der Waals surface area contributed by atoms with E-state index in [0.29, 0.717) is 12.1 Å². The van der Waals surface area contributed by atoms with Gasteiger partial charge >= 0.3 is 12.1 Å². The molecule has 204 valence electrons.